The van der Waals surface area contributed by atoms with Crippen molar-refractivity contribution in [1.29, 1.82) is 0 Å². The van der Waals surface area contributed by atoms with Crippen LogP contribution >= 0.6 is 0 Å². The Kier molecular flexibility index (Phi) is 3.56. The third kappa shape index (κ3) is 2.18. The van der Waals surface area contributed by atoms with E-state index in [-0.39, 0.29) is 0 Å². The molecule has 1 heteroatoms. The Bertz CT molecular complexity index is 625. The zero-order valence-electron chi connectivity index (χ0n) is 14.9. The van der Waals surface area contributed by atoms with Crippen molar-refractivity contribution in [3.63, 3.8) is 0 Å². The number of rotatable bonds is 0. The summed E-state index contributed by atoms with van der Waals surface area (Å²) in [6, 6.07) is 0. The molecule has 5 rings (SSSR count). The SMILES string of the molecule is [CH3][Zr]1([CH3])[CH]2C(=CC3=C2CCCC3)CCC2=CC3=C(CCCC3)[C@@H]21. The predicted octanol–water partition coefficient (Wildman–Crippen LogP) is 7.23. The van der Waals surface area contributed by atoms with E-state index < -0.39 is 20.3 Å². The van der Waals surface area contributed by atoms with Gasteiger partial charge < -0.3 is 0 Å². The first kappa shape index (κ1) is 15.1. The Labute approximate surface area is 146 Å². The van der Waals surface area contributed by atoms with Crippen molar-refractivity contribution in [2.75, 3.05) is 0 Å². The van der Waals surface area contributed by atoms with Gasteiger partial charge in [-0.25, -0.2) is 0 Å². The van der Waals surface area contributed by atoms with Crippen LogP contribution < -0.4 is 0 Å². The first-order valence-corrected chi connectivity index (χ1v) is 17.8. The topological polar surface area (TPSA) is 0 Å². The number of hydrogen-bond donors (Lipinski definition) is 0. The first-order valence-electron chi connectivity index (χ1n) is 10.0. The van der Waals surface area contributed by atoms with Crippen molar-refractivity contribution in [3.05, 3.63) is 45.6 Å². The van der Waals surface area contributed by atoms with E-state index in [1.165, 1.54) is 64.2 Å². The van der Waals surface area contributed by atoms with Gasteiger partial charge in [0.15, 0.2) is 0 Å². The molecule has 23 heavy (non-hydrogen) atoms. The second-order valence-electron chi connectivity index (χ2n) is 9.14. The predicted molar refractivity (Wildman–Crippen MR) is 95.6 cm³/mol. The van der Waals surface area contributed by atoms with E-state index in [1.54, 1.807) is 11.1 Å². The van der Waals surface area contributed by atoms with Crippen LogP contribution in [0.25, 0.3) is 0 Å². The fourth-order valence-electron chi connectivity index (χ4n) is 6.70. The van der Waals surface area contributed by atoms with Crippen LogP contribution in [0.1, 0.15) is 64.2 Å². The molecular weight excluding hydrogens is 355 g/mol. The summed E-state index contributed by atoms with van der Waals surface area (Å²) >= 11 is -2.27. The van der Waals surface area contributed by atoms with Crippen LogP contribution in [-0.2, 0) is 20.3 Å². The molecule has 0 aromatic carbocycles. The van der Waals surface area contributed by atoms with Crippen molar-refractivity contribution in [2.45, 2.75) is 80.7 Å². The molecule has 0 saturated carbocycles. The average Bonchev–Trinajstić information content (AvgIpc) is 3.08. The third-order valence-electron chi connectivity index (χ3n) is 7.46. The van der Waals surface area contributed by atoms with Crippen LogP contribution in [0, 0.1) is 0 Å². The maximum atomic E-state index is 2.81. The fraction of sp³-hybridized carbons (Fsp3) is 0.636. The van der Waals surface area contributed by atoms with Gasteiger partial charge in [-0.1, -0.05) is 0 Å². The molecule has 1 unspecified atom stereocenters. The van der Waals surface area contributed by atoms with Crippen LogP contribution in [0.4, 0.5) is 0 Å². The van der Waals surface area contributed by atoms with Crippen molar-refractivity contribution in [2.24, 2.45) is 0 Å². The van der Waals surface area contributed by atoms with E-state index in [2.05, 4.69) is 21.4 Å². The van der Waals surface area contributed by atoms with Crippen LogP contribution in [0.3, 0.4) is 0 Å². The Morgan fingerprint density at radius 3 is 1.57 bits per heavy atom. The molecule has 1 saturated heterocycles. The molecule has 1 heterocycles. The van der Waals surface area contributed by atoms with Gasteiger partial charge in [-0.2, -0.15) is 0 Å². The normalized spacial score (nSPS) is 35.0. The van der Waals surface area contributed by atoms with E-state index in [9.17, 15) is 0 Å². The van der Waals surface area contributed by atoms with Gasteiger partial charge in [0.25, 0.3) is 0 Å². The monoisotopic (exact) mass is 384 g/mol. The molecule has 0 spiro atoms. The molecule has 0 radical (unpaired) electrons. The number of allylic oxidation sites excluding steroid dienone is 8. The summed E-state index contributed by atoms with van der Waals surface area (Å²) in [5.41, 5.74) is 11.2. The maximum absolute atomic E-state index is 2.81. The fourth-order valence-corrected chi connectivity index (χ4v) is 19.4. The van der Waals surface area contributed by atoms with E-state index in [4.69, 9.17) is 0 Å². The van der Waals surface area contributed by atoms with Crippen molar-refractivity contribution < 1.29 is 20.3 Å². The minimum atomic E-state index is -2.27. The van der Waals surface area contributed by atoms with Gasteiger partial charge in [-0.3, -0.25) is 0 Å². The molecule has 122 valence electrons. The molecule has 0 aromatic heterocycles. The summed E-state index contributed by atoms with van der Waals surface area (Å²) in [6.07, 6.45) is 19.6. The van der Waals surface area contributed by atoms with E-state index in [1.807, 2.05) is 22.3 Å². The van der Waals surface area contributed by atoms with Crippen LogP contribution in [-0.4, -0.2) is 0 Å². The van der Waals surface area contributed by atoms with E-state index in [0.717, 1.165) is 7.25 Å². The Morgan fingerprint density at radius 1 is 0.652 bits per heavy atom. The summed E-state index contributed by atoms with van der Waals surface area (Å²) in [4.78, 5) is 0. The van der Waals surface area contributed by atoms with Gasteiger partial charge in [-0.15, -0.1) is 0 Å². The van der Waals surface area contributed by atoms with Crippen molar-refractivity contribution in [3.8, 4) is 0 Å². The summed E-state index contributed by atoms with van der Waals surface area (Å²) < 4.78 is 7.55. The molecule has 0 N–H and O–H groups in total. The minimum absolute atomic E-state index is 0.962. The Morgan fingerprint density at radius 2 is 1.09 bits per heavy atom. The van der Waals surface area contributed by atoms with E-state index in [0.29, 0.717) is 0 Å². The van der Waals surface area contributed by atoms with Gasteiger partial charge in [-0.05, 0) is 0 Å². The number of fused-ring (bicyclic) bond motifs is 4. The quantitative estimate of drug-likeness (QED) is 0.412. The molecule has 0 amide bonds. The van der Waals surface area contributed by atoms with Crippen LogP contribution in [0.2, 0.25) is 16.5 Å². The van der Waals surface area contributed by atoms with Crippen LogP contribution in [0.15, 0.2) is 45.6 Å². The summed E-state index contributed by atoms with van der Waals surface area (Å²) in [5.74, 6) is 0. The first-order chi connectivity index (χ1) is 11.2. The molecule has 4 aliphatic carbocycles. The second-order valence-corrected chi connectivity index (χ2v) is 20.9. The van der Waals surface area contributed by atoms with Crippen molar-refractivity contribution in [1.82, 2.24) is 0 Å². The van der Waals surface area contributed by atoms with Crippen molar-refractivity contribution >= 4 is 0 Å². The third-order valence-corrected chi connectivity index (χ3v) is 18.3. The van der Waals surface area contributed by atoms with Gasteiger partial charge in [0.05, 0.1) is 0 Å². The van der Waals surface area contributed by atoms with Gasteiger partial charge in [0.2, 0.25) is 0 Å². The molecule has 2 atom stereocenters. The molecule has 0 nitrogen and oxygen atoms in total. The van der Waals surface area contributed by atoms with Crippen LogP contribution in [0.5, 0.6) is 0 Å². The summed E-state index contributed by atoms with van der Waals surface area (Å²) in [6.45, 7) is 0. The van der Waals surface area contributed by atoms with Gasteiger partial charge in [0.1, 0.15) is 0 Å². The molecule has 5 aliphatic rings. The zero-order valence-corrected chi connectivity index (χ0v) is 17.3. The average molecular weight is 386 g/mol. The zero-order chi connectivity index (χ0) is 15.6. The number of hydrogen-bond acceptors (Lipinski definition) is 0. The Hall–Kier alpha value is -0.157. The molecule has 0 aromatic rings. The van der Waals surface area contributed by atoms with Gasteiger partial charge >= 0.3 is 147 Å². The Balaban J connectivity index is 1.61. The summed E-state index contributed by atoms with van der Waals surface area (Å²) in [7, 11) is 0. The molecule has 1 fully saturated rings. The second kappa shape index (κ2) is 5.42. The molecular formula is C22H30Zr. The summed E-state index contributed by atoms with van der Waals surface area (Å²) in [5, 5.41) is 0. The van der Waals surface area contributed by atoms with E-state index >= 15 is 0 Å². The molecule has 1 aliphatic heterocycles. The molecule has 0 bridgehead atoms. The standard InChI is InChI=1S/C20H24.2CH3.Zr/c1-2-6-18-12-15(11-17(18)5-1)9-10-16-13-19-7-3-4-8-20(19)14-16;;;/h11-14H,1-10H2;2*1H3;. The van der Waals surface area contributed by atoms with Gasteiger partial charge in [0, 0.05) is 0 Å².